The van der Waals surface area contributed by atoms with Crippen LogP contribution in [0.1, 0.15) is 84.8 Å². The molecule has 7 nitrogen and oxygen atoms in total. The second-order valence-electron chi connectivity index (χ2n) is 12.5. The Balaban J connectivity index is 2.55. The van der Waals surface area contributed by atoms with Gasteiger partial charge in [0.05, 0.1) is 12.2 Å². The molecular formula is C28H36F4N2O5. The van der Waals surface area contributed by atoms with E-state index in [0.717, 1.165) is 0 Å². The lowest BCUT2D eigenvalue weighted by Gasteiger charge is -2.41. The van der Waals surface area contributed by atoms with Gasteiger partial charge in [0, 0.05) is 28.9 Å². The van der Waals surface area contributed by atoms with Crippen molar-refractivity contribution in [2.45, 2.75) is 91.8 Å². The van der Waals surface area contributed by atoms with E-state index in [9.17, 15) is 14.7 Å². The molecule has 0 amide bonds. The van der Waals surface area contributed by atoms with Gasteiger partial charge in [-0.3, -0.25) is 4.79 Å². The van der Waals surface area contributed by atoms with Crippen LogP contribution in [0.5, 0.6) is 0 Å². The van der Waals surface area contributed by atoms with Gasteiger partial charge in [-0.1, -0.05) is 41.5 Å². The molecule has 1 N–H and O–H groups in total. The minimum Gasteiger partial charge on any atom is -0.481 e. The number of aromatic nitrogens is 2. The topological polar surface area (TPSA) is 98.6 Å². The van der Waals surface area contributed by atoms with E-state index in [1.807, 2.05) is 20.8 Å². The fourth-order valence-corrected chi connectivity index (χ4v) is 4.13. The first-order valence-electron chi connectivity index (χ1n) is 12.3. The van der Waals surface area contributed by atoms with Gasteiger partial charge < -0.3 is 14.6 Å². The highest BCUT2D eigenvalue weighted by molar-refractivity contribution is 5.83. The summed E-state index contributed by atoms with van der Waals surface area (Å²) >= 11 is 0. The van der Waals surface area contributed by atoms with E-state index < -0.39 is 87.8 Å². The van der Waals surface area contributed by atoms with Gasteiger partial charge in [0.15, 0.2) is 23.3 Å². The number of aliphatic carboxylic acids is 1. The quantitative estimate of drug-likeness (QED) is 0.249. The van der Waals surface area contributed by atoms with Gasteiger partial charge >= 0.3 is 11.9 Å². The molecule has 0 saturated heterocycles. The molecule has 0 radical (unpaired) electrons. The molecule has 1 atom stereocenters. The van der Waals surface area contributed by atoms with Gasteiger partial charge in [0.2, 0.25) is 0 Å². The van der Waals surface area contributed by atoms with E-state index in [4.69, 9.17) is 9.47 Å². The van der Waals surface area contributed by atoms with Gasteiger partial charge in [-0.25, -0.2) is 32.3 Å². The fraction of sp³-hybridized carbons (Fsp3) is 0.571. The molecule has 0 aliphatic heterocycles. The Bertz CT molecular complexity index is 1200. The molecule has 0 fully saturated rings. The third kappa shape index (κ3) is 6.93. The Morgan fingerprint density at radius 1 is 0.821 bits per heavy atom. The Hall–Kier alpha value is -3.08. The maximum atomic E-state index is 15.3. The van der Waals surface area contributed by atoms with Crippen LogP contribution in [0.4, 0.5) is 17.6 Å². The molecule has 0 aliphatic carbocycles. The average Bonchev–Trinajstić information content (AvgIpc) is 2.77. The van der Waals surface area contributed by atoms with E-state index in [0.29, 0.717) is 5.82 Å². The zero-order chi connectivity index (χ0) is 30.1. The van der Waals surface area contributed by atoms with Crippen LogP contribution in [0.15, 0.2) is 12.4 Å². The molecule has 0 spiro atoms. The van der Waals surface area contributed by atoms with Crippen molar-refractivity contribution in [2.75, 3.05) is 6.61 Å². The first-order chi connectivity index (χ1) is 17.6. The number of carbonyl (C=O) groups excluding carboxylic acids is 1. The molecule has 1 aromatic carbocycles. The van der Waals surface area contributed by atoms with Crippen molar-refractivity contribution in [3.05, 3.63) is 58.2 Å². The number of carboxylic acids is 1. The Morgan fingerprint density at radius 2 is 1.28 bits per heavy atom. The SMILES string of the molecule is CC(C)(C)OC(=O)COCc1c(F)c(F)c(CC(C(=O)O)(c2cnc(C(C)(C)C)nc2)C(C)(C)C)c(F)c1F. The van der Waals surface area contributed by atoms with E-state index in [2.05, 4.69) is 9.97 Å². The molecule has 11 heteroatoms. The predicted molar refractivity (Wildman–Crippen MR) is 135 cm³/mol. The summed E-state index contributed by atoms with van der Waals surface area (Å²) in [5.41, 5.74) is -6.73. The summed E-state index contributed by atoms with van der Waals surface area (Å²) in [6, 6.07) is 0. The van der Waals surface area contributed by atoms with Crippen molar-refractivity contribution in [1.82, 2.24) is 9.97 Å². The van der Waals surface area contributed by atoms with Crippen molar-refractivity contribution >= 4 is 11.9 Å². The lowest BCUT2D eigenvalue weighted by Crippen LogP contribution is -2.49. The van der Waals surface area contributed by atoms with Crippen molar-refractivity contribution in [2.24, 2.45) is 5.41 Å². The first kappa shape index (κ1) is 32.1. The molecule has 0 bridgehead atoms. The number of halogens is 4. The number of carboxylic acid groups (broad SMARTS) is 1. The lowest BCUT2D eigenvalue weighted by atomic mass is 9.60. The van der Waals surface area contributed by atoms with Crippen molar-refractivity contribution in [3.63, 3.8) is 0 Å². The van der Waals surface area contributed by atoms with Gasteiger partial charge in [0.1, 0.15) is 23.4 Å². The van der Waals surface area contributed by atoms with Crippen LogP contribution in [-0.2, 0) is 42.9 Å². The molecule has 1 aromatic heterocycles. The lowest BCUT2D eigenvalue weighted by molar-refractivity contribution is -0.160. The zero-order valence-corrected chi connectivity index (χ0v) is 23.8. The summed E-state index contributed by atoms with van der Waals surface area (Å²) in [4.78, 5) is 33.1. The van der Waals surface area contributed by atoms with Crippen molar-refractivity contribution in [1.29, 1.82) is 0 Å². The van der Waals surface area contributed by atoms with Crippen LogP contribution >= 0.6 is 0 Å². The van der Waals surface area contributed by atoms with Gasteiger partial charge in [-0.05, 0) is 32.6 Å². The average molecular weight is 557 g/mol. The Labute approximate surface area is 226 Å². The monoisotopic (exact) mass is 556 g/mol. The zero-order valence-electron chi connectivity index (χ0n) is 23.8. The number of nitrogens with zero attached hydrogens (tertiary/aromatic N) is 2. The van der Waals surface area contributed by atoms with E-state index in [1.54, 1.807) is 20.8 Å². The molecule has 0 aliphatic rings. The standard InChI is InChI=1S/C28H36F4N2O5/c1-25(2,3)23-33-11-15(12-34-23)28(24(36)37,26(4,5)6)10-16-19(29)21(31)17(22(32)20(16)30)13-38-14-18(35)39-27(7,8)9/h11-12H,10,13-14H2,1-9H3,(H,36,37). The highest BCUT2D eigenvalue weighted by Gasteiger charge is 2.52. The van der Waals surface area contributed by atoms with E-state index in [1.165, 1.54) is 33.2 Å². The van der Waals surface area contributed by atoms with Crippen LogP contribution in [0.2, 0.25) is 0 Å². The Kier molecular flexibility index (Phi) is 9.22. The highest BCUT2D eigenvalue weighted by atomic mass is 19.2. The summed E-state index contributed by atoms with van der Waals surface area (Å²) in [6.45, 7) is 13.3. The van der Waals surface area contributed by atoms with Gasteiger partial charge in [-0.2, -0.15) is 0 Å². The second-order valence-corrected chi connectivity index (χ2v) is 12.5. The number of hydrogen-bond donors (Lipinski definition) is 1. The summed E-state index contributed by atoms with van der Waals surface area (Å²) in [7, 11) is 0. The minimum absolute atomic E-state index is 0.0138. The number of carbonyl (C=O) groups is 2. The van der Waals surface area contributed by atoms with Crippen LogP contribution in [0, 0.1) is 28.7 Å². The first-order valence-corrected chi connectivity index (χ1v) is 12.3. The molecule has 1 heterocycles. The number of benzene rings is 1. The van der Waals surface area contributed by atoms with Crippen LogP contribution in [0.25, 0.3) is 0 Å². The molecule has 2 aromatic rings. The summed E-state index contributed by atoms with van der Waals surface area (Å²) in [5.74, 6) is -8.92. The van der Waals surface area contributed by atoms with Crippen molar-refractivity contribution in [3.8, 4) is 0 Å². The Morgan fingerprint density at radius 3 is 1.67 bits per heavy atom. The van der Waals surface area contributed by atoms with Crippen LogP contribution in [-0.4, -0.2) is 39.2 Å². The second kappa shape index (κ2) is 11.2. The minimum atomic E-state index is -2.07. The highest BCUT2D eigenvalue weighted by Crippen LogP contribution is 2.45. The number of ether oxygens (including phenoxy) is 2. The van der Waals surface area contributed by atoms with E-state index >= 15 is 17.6 Å². The largest absolute Gasteiger partial charge is 0.481 e. The number of esters is 1. The van der Waals surface area contributed by atoms with Gasteiger partial charge in [0.25, 0.3) is 0 Å². The van der Waals surface area contributed by atoms with Crippen LogP contribution < -0.4 is 0 Å². The van der Waals surface area contributed by atoms with E-state index in [-0.39, 0.29) is 5.56 Å². The maximum Gasteiger partial charge on any atom is 0.332 e. The smallest absolute Gasteiger partial charge is 0.332 e. The van der Waals surface area contributed by atoms with Gasteiger partial charge in [-0.15, -0.1) is 0 Å². The third-order valence-corrected chi connectivity index (χ3v) is 6.23. The number of hydrogen-bond acceptors (Lipinski definition) is 6. The molecule has 216 valence electrons. The normalized spacial score (nSPS) is 14.2. The van der Waals surface area contributed by atoms with Crippen LogP contribution in [0.3, 0.4) is 0 Å². The molecule has 0 saturated carbocycles. The summed E-state index contributed by atoms with van der Waals surface area (Å²) in [6.07, 6.45) is 1.58. The number of rotatable bonds is 8. The predicted octanol–water partition coefficient (Wildman–Crippen LogP) is 5.80. The molecule has 39 heavy (non-hydrogen) atoms. The molecule has 1 unspecified atom stereocenters. The fourth-order valence-electron chi connectivity index (χ4n) is 4.13. The molecule has 2 rings (SSSR count). The summed E-state index contributed by atoms with van der Waals surface area (Å²) < 4.78 is 70.5. The molecular weight excluding hydrogens is 520 g/mol. The third-order valence-electron chi connectivity index (χ3n) is 6.23. The summed E-state index contributed by atoms with van der Waals surface area (Å²) in [5, 5.41) is 10.4. The maximum absolute atomic E-state index is 15.3. The van der Waals surface area contributed by atoms with Crippen molar-refractivity contribution < 1.29 is 41.7 Å².